The highest BCUT2D eigenvalue weighted by atomic mass is 16.2. The molecule has 1 fully saturated rings. The van der Waals surface area contributed by atoms with E-state index < -0.39 is 0 Å². The van der Waals surface area contributed by atoms with E-state index >= 15 is 0 Å². The van der Waals surface area contributed by atoms with E-state index in [1.807, 2.05) is 18.7 Å². The van der Waals surface area contributed by atoms with Crippen molar-refractivity contribution in [1.29, 1.82) is 0 Å². The SMILES string of the molecule is CCN(CC)C(=O)CCNC1CC(C(C)C)C1. The van der Waals surface area contributed by atoms with Gasteiger partial charge < -0.3 is 10.2 Å². The summed E-state index contributed by atoms with van der Waals surface area (Å²) >= 11 is 0. The lowest BCUT2D eigenvalue weighted by atomic mass is 9.74. The zero-order valence-electron chi connectivity index (χ0n) is 11.8. The summed E-state index contributed by atoms with van der Waals surface area (Å²) in [6.07, 6.45) is 3.22. The molecule has 1 aliphatic carbocycles. The normalized spacial score (nSPS) is 23.6. The Bertz CT molecular complexity index is 230. The Morgan fingerprint density at radius 2 is 1.88 bits per heavy atom. The van der Waals surface area contributed by atoms with E-state index in [2.05, 4.69) is 19.2 Å². The van der Waals surface area contributed by atoms with Crippen LogP contribution in [0.4, 0.5) is 0 Å². The summed E-state index contributed by atoms with van der Waals surface area (Å²) in [6, 6.07) is 0.659. The van der Waals surface area contributed by atoms with Crippen molar-refractivity contribution in [3.63, 3.8) is 0 Å². The molecule has 1 rings (SSSR count). The topological polar surface area (TPSA) is 32.3 Å². The minimum absolute atomic E-state index is 0.280. The average molecular weight is 240 g/mol. The summed E-state index contributed by atoms with van der Waals surface area (Å²) in [5.74, 6) is 1.98. The molecule has 0 aromatic heterocycles. The summed E-state index contributed by atoms with van der Waals surface area (Å²) in [5.41, 5.74) is 0. The molecule has 0 saturated heterocycles. The summed E-state index contributed by atoms with van der Waals surface area (Å²) in [7, 11) is 0. The van der Waals surface area contributed by atoms with Gasteiger partial charge in [0.25, 0.3) is 0 Å². The second-order valence-electron chi connectivity index (χ2n) is 5.44. The van der Waals surface area contributed by atoms with Crippen molar-refractivity contribution in [2.24, 2.45) is 11.8 Å². The number of rotatable bonds is 7. The first-order valence-electron chi connectivity index (χ1n) is 7.09. The minimum Gasteiger partial charge on any atom is -0.343 e. The number of amides is 1. The molecule has 0 spiro atoms. The van der Waals surface area contributed by atoms with Gasteiger partial charge >= 0.3 is 0 Å². The lowest BCUT2D eigenvalue weighted by Crippen LogP contribution is -2.44. The van der Waals surface area contributed by atoms with Crippen molar-refractivity contribution >= 4 is 5.91 Å². The van der Waals surface area contributed by atoms with Crippen LogP contribution in [0.25, 0.3) is 0 Å². The van der Waals surface area contributed by atoms with E-state index in [0.717, 1.165) is 31.5 Å². The first kappa shape index (κ1) is 14.5. The quantitative estimate of drug-likeness (QED) is 0.740. The largest absolute Gasteiger partial charge is 0.343 e. The van der Waals surface area contributed by atoms with Gasteiger partial charge in [0.15, 0.2) is 0 Å². The fourth-order valence-electron chi connectivity index (χ4n) is 2.49. The van der Waals surface area contributed by atoms with E-state index in [4.69, 9.17) is 0 Å². The summed E-state index contributed by atoms with van der Waals surface area (Å²) in [5, 5.41) is 3.49. The second-order valence-corrected chi connectivity index (χ2v) is 5.44. The number of carbonyl (C=O) groups is 1. The van der Waals surface area contributed by atoms with E-state index in [1.54, 1.807) is 0 Å². The Kier molecular flexibility index (Phi) is 5.96. The van der Waals surface area contributed by atoms with Crippen molar-refractivity contribution in [3.05, 3.63) is 0 Å². The molecule has 0 heterocycles. The molecule has 0 aromatic carbocycles. The van der Waals surface area contributed by atoms with E-state index in [-0.39, 0.29) is 5.91 Å². The van der Waals surface area contributed by atoms with Gasteiger partial charge in [-0.25, -0.2) is 0 Å². The molecular formula is C14H28N2O. The summed E-state index contributed by atoms with van der Waals surface area (Å²) < 4.78 is 0. The Morgan fingerprint density at radius 1 is 1.29 bits per heavy atom. The number of hydrogen-bond donors (Lipinski definition) is 1. The van der Waals surface area contributed by atoms with Crippen LogP contribution in [0.5, 0.6) is 0 Å². The Hall–Kier alpha value is -0.570. The molecule has 3 heteroatoms. The van der Waals surface area contributed by atoms with Crippen LogP contribution < -0.4 is 5.32 Å². The molecule has 1 saturated carbocycles. The fraction of sp³-hybridized carbons (Fsp3) is 0.929. The van der Waals surface area contributed by atoms with E-state index in [9.17, 15) is 4.79 Å². The Balaban J connectivity index is 2.07. The molecule has 100 valence electrons. The van der Waals surface area contributed by atoms with Gasteiger partial charge in [-0.15, -0.1) is 0 Å². The van der Waals surface area contributed by atoms with Gasteiger partial charge in [-0.1, -0.05) is 13.8 Å². The average Bonchev–Trinajstić information content (AvgIpc) is 2.22. The lowest BCUT2D eigenvalue weighted by Gasteiger charge is -2.38. The van der Waals surface area contributed by atoms with Crippen LogP contribution in [-0.4, -0.2) is 36.5 Å². The van der Waals surface area contributed by atoms with Crippen LogP contribution in [0.3, 0.4) is 0 Å². The number of nitrogens with one attached hydrogen (secondary N) is 1. The third-order valence-electron chi connectivity index (χ3n) is 4.01. The van der Waals surface area contributed by atoms with Crippen LogP contribution in [0, 0.1) is 11.8 Å². The van der Waals surface area contributed by atoms with E-state index in [0.29, 0.717) is 12.5 Å². The predicted molar refractivity (Wildman–Crippen MR) is 71.9 cm³/mol. The predicted octanol–water partition coefficient (Wildman–Crippen LogP) is 2.27. The molecule has 3 nitrogen and oxygen atoms in total. The van der Waals surface area contributed by atoms with Gasteiger partial charge in [-0.3, -0.25) is 4.79 Å². The Labute approximate surface area is 106 Å². The third-order valence-corrected chi connectivity index (χ3v) is 4.01. The highest BCUT2D eigenvalue weighted by molar-refractivity contribution is 5.76. The van der Waals surface area contributed by atoms with Crippen molar-refractivity contribution in [2.45, 2.75) is 53.0 Å². The molecule has 0 radical (unpaired) electrons. The molecule has 0 bridgehead atoms. The summed E-state index contributed by atoms with van der Waals surface area (Å²) in [6.45, 7) is 11.2. The molecule has 0 atom stereocenters. The van der Waals surface area contributed by atoms with Crippen molar-refractivity contribution in [1.82, 2.24) is 10.2 Å². The molecule has 1 N–H and O–H groups in total. The minimum atomic E-state index is 0.280. The number of hydrogen-bond acceptors (Lipinski definition) is 2. The third kappa shape index (κ3) is 4.30. The number of nitrogens with zero attached hydrogens (tertiary/aromatic N) is 1. The molecular weight excluding hydrogens is 212 g/mol. The van der Waals surface area contributed by atoms with Gasteiger partial charge in [0, 0.05) is 32.1 Å². The zero-order chi connectivity index (χ0) is 12.8. The van der Waals surface area contributed by atoms with Gasteiger partial charge in [0.1, 0.15) is 0 Å². The first-order valence-corrected chi connectivity index (χ1v) is 7.09. The van der Waals surface area contributed by atoms with Crippen LogP contribution in [0.2, 0.25) is 0 Å². The van der Waals surface area contributed by atoms with Gasteiger partial charge in [0.05, 0.1) is 0 Å². The molecule has 0 aromatic rings. The maximum Gasteiger partial charge on any atom is 0.223 e. The molecule has 0 unspecified atom stereocenters. The monoisotopic (exact) mass is 240 g/mol. The van der Waals surface area contributed by atoms with E-state index in [1.165, 1.54) is 12.8 Å². The highest BCUT2D eigenvalue weighted by Crippen LogP contribution is 2.33. The van der Waals surface area contributed by atoms with Gasteiger partial charge in [0.2, 0.25) is 5.91 Å². The summed E-state index contributed by atoms with van der Waals surface area (Å²) in [4.78, 5) is 13.7. The standard InChI is InChI=1S/C14H28N2O/c1-5-16(6-2)14(17)7-8-15-13-9-12(10-13)11(3)4/h11-13,15H,5-10H2,1-4H3. The lowest BCUT2D eigenvalue weighted by molar-refractivity contribution is -0.130. The van der Waals surface area contributed by atoms with Crippen LogP contribution in [0.1, 0.15) is 47.0 Å². The van der Waals surface area contributed by atoms with Crippen molar-refractivity contribution in [2.75, 3.05) is 19.6 Å². The first-order chi connectivity index (χ1) is 8.08. The maximum atomic E-state index is 11.8. The molecule has 1 amide bonds. The molecule has 0 aliphatic heterocycles. The fourth-order valence-corrected chi connectivity index (χ4v) is 2.49. The second kappa shape index (κ2) is 7.00. The zero-order valence-corrected chi connectivity index (χ0v) is 11.8. The van der Waals surface area contributed by atoms with Crippen molar-refractivity contribution < 1.29 is 4.79 Å². The van der Waals surface area contributed by atoms with Crippen LogP contribution >= 0.6 is 0 Å². The smallest absolute Gasteiger partial charge is 0.223 e. The molecule has 17 heavy (non-hydrogen) atoms. The Morgan fingerprint density at radius 3 is 2.35 bits per heavy atom. The van der Waals surface area contributed by atoms with Crippen molar-refractivity contribution in [3.8, 4) is 0 Å². The van der Waals surface area contributed by atoms with Gasteiger partial charge in [-0.05, 0) is 38.5 Å². The highest BCUT2D eigenvalue weighted by Gasteiger charge is 2.30. The van der Waals surface area contributed by atoms with Gasteiger partial charge in [-0.2, -0.15) is 0 Å². The maximum absolute atomic E-state index is 11.8. The van der Waals surface area contributed by atoms with Crippen LogP contribution in [-0.2, 0) is 4.79 Å². The number of carbonyl (C=O) groups excluding carboxylic acids is 1. The van der Waals surface area contributed by atoms with Crippen LogP contribution in [0.15, 0.2) is 0 Å². The molecule has 1 aliphatic rings.